The monoisotopic (exact) mass is 489 g/mol. The Morgan fingerprint density at radius 2 is 2.00 bits per heavy atom. The number of benzene rings is 2. The van der Waals surface area contributed by atoms with Crippen molar-refractivity contribution in [1.82, 2.24) is 15.6 Å². The second-order valence-electron chi connectivity index (χ2n) is 6.21. The van der Waals surface area contributed by atoms with Gasteiger partial charge in [0.1, 0.15) is 6.04 Å². The summed E-state index contributed by atoms with van der Waals surface area (Å²) < 4.78 is 1.07. The lowest BCUT2D eigenvalue weighted by atomic mass is 10.1. The highest BCUT2D eigenvalue weighted by atomic mass is 127. The summed E-state index contributed by atoms with van der Waals surface area (Å²) in [6, 6.07) is 14.5. The molecule has 0 radical (unpaired) electrons. The first-order chi connectivity index (χ1) is 13.6. The number of hydrogen-bond donors (Lipinski definition) is 4. The molecule has 2 aromatic carbocycles. The summed E-state index contributed by atoms with van der Waals surface area (Å²) in [6.45, 7) is -0.155. The molecule has 0 aliphatic heterocycles. The number of H-pyrrole nitrogens is 1. The molecule has 0 spiro atoms. The molecule has 144 valence electrons. The maximum atomic E-state index is 12.3. The molecule has 1 atom stereocenters. The molecule has 0 saturated heterocycles. The molecule has 0 saturated carbocycles. The zero-order chi connectivity index (χ0) is 19.9. The van der Waals surface area contributed by atoms with Crippen molar-refractivity contribution in [3.05, 3.63) is 75.5 Å². The first-order valence-corrected chi connectivity index (χ1v) is 9.82. The Labute approximate surface area is 176 Å². The van der Waals surface area contributed by atoms with E-state index < -0.39 is 24.5 Å². The number of rotatable bonds is 7. The van der Waals surface area contributed by atoms with Crippen LogP contribution in [0, 0.1) is 3.57 Å². The van der Waals surface area contributed by atoms with Crippen molar-refractivity contribution in [2.75, 3.05) is 6.61 Å². The zero-order valence-electron chi connectivity index (χ0n) is 15.0. The van der Waals surface area contributed by atoms with E-state index in [0.29, 0.717) is 6.54 Å². The van der Waals surface area contributed by atoms with Gasteiger partial charge in [0, 0.05) is 33.3 Å². The summed E-state index contributed by atoms with van der Waals surface area (Å²) in [5, 5.41) is 15.7. The van der Waals surface area contributed by atoms with Crippen molar-refractivity contribution >= 4 is 51.4 Å². The molecule has 6 nitrogen and oxygen atoms in total. The second kappa shape index (κ2) is 9.52. The van der Waals surface area contributed by atoms with E-state index in [1.54, 1.807) is 6.08 Å². The lowest BCUT2D eigenvalue weighted by molar-refractivity contribution is -0.128. The van der Waals surface area contributed by atoms with Crippen LogP contribution in [0.4, 0.5) is 0 Å². The normalized spacial score (nSPS) is 12.2. The fourth-order valence-electron chi connectivity index (χ4n) is 2.77. The van der Waals surface area contributed by atoms with E-state index in [4.69, 9.17) is 0 Å². The molecule has 0 bridgehead atoms. The Kier molecular flexibility index (Phi) is 6.83. The second-order valence-corrected chi connectivity index (χ2v) is 7.46. The molecule has 4 N–H and O–H groups in total. The van der Waals surface area contributed by atoms with Gasteiger partial charge in [-0.1, -0.05) is 30.3 Å². The molecular formula is C21H20IN3O3. The van der Waals surface area contributed by atoms with Crippen molar-refractivity contribution in [2.24, 2.45) is 0 Å². The van der Waals surface area contributed by atoms with E-state index >= 15 is 0 Å². The van der Waals surface area contributed by atoms with Gasteiger partial charge in [-0.2, -0.15) is 0 Å². The smallest absolute Gasteiger partial charge is 0.245 e. The van der Waals surface area contributed by atoms with E-state index in [2.05, 4.69) is 38.2 Å². The number of aliphatic hydroxyl groups is 1. The standard InChI is InChI=1S/C21H20IN3O3/c22-16-5-3-4-14(10-16)11-24-21(28)19(13-26)25-20(27)9-8-15-12-23-18-7-2-1-6-17(15)18/h1-10,12,19,23,26H,11,13H2,(H,24,28)(H,25,27)/t19-/m0/s1. The molecule has 1 aromatic heterocycles. The van der Waals surface area contributed by atoms with Crippen LogP contribution in [0.3, 0.4) is 0 Å². The zero-order valence-corrected chi connectivity index (χ0v) is 17.1. The highest BCUT2D eigenvalue weighted by Gasteiger charge is 2.18. The van der Waals surface area contributed by atoms with E-state index in [1.807, 2.05) is 54.7 Å². The van der Waals surface area contributed by atoms with Crippen LogP contribution in [-0.4, -0.2) is 34.6 Å². The quantitative estimate of drug-likeness (QED) is 0.304. The van der Waals surface area contributed by atoms with E-state index in [0.717, 1.165) is 25.6 Å². The minimum absolute atomic E-state index is 0.327. The average Bonchev–Trinajstić information content (AvgIpc) is 3.12. The molecule has 0 fully saturated rings. The molecule has 0 aliphatic carbocycles. The minimum Gasteiger partial charge on any atom is -0.394 e. The van der Waals surface area contributed by atoms with Crippen LogP contribution >= 0.6 is 22.6 Å². The molecule has 3 rings (SSSR count). The predicted molar refractivity (Wildman–Crippen MR) is 117 cm³/mol. The van der Waals surface area contributed by atoms with Crippen LogP contribution in [0.2, 0.25) is 0 Å². The molecular weight excluding hydrogens is 469 g/mol. The summed E-state index contributed by atoms with van der Waals surface area (Å²) in [7, 11) is 0. The Morgan fingerprint density at radius 3 is 2.79 bits per heavy atom. The van der Waals surface area contributed by atoms with Gasteiger partial charge in [0.2, 0.25) is 11.8 Å². The number of fused-ring (bicyclic) bond motifs is 1. The number of amides is 2. The Hall–Kier alpha value is -2.65. The Morgan fingerprint density at radius 1 is 1.18 bits per heavy atom. The van der Waals surface area contributed by atoms with Gasteiger partial charge in [-0.15, -0.1) is 0 Å². The third-order valence-electron chi connectivity index (χ3n) is 4.21. The van der Waals surface area contributed by atoms with Gasteiger partial charge in [-0.05, 0) is 58.0 Å². The van der Waals surface area contributed by atoms with Crippen molar-refractivity contribution < 1.29 is 14.7 Å². The number of para-hydroxylation sites is 1. The number of hydrogen-bond acceptors (Lipinski definition) is 3. The van der Waals surface area contributed by atoms with E-state index in [-0.39, 0.29) is 0 Å². The molecule has 2 amide bonds. The number of carbonyl (C=O) groups excluding carboxylic acids is 2. The number of aromatic nitrogens is 1. The molecule has 3 aromatic rings. The van der Waals surface area contributed by atoms with Crippen LogP contribution in [0.15, 0.2) is 60.8 Å². The van der Waals surface area contributed by atoms with Crippen molar-refractivity contribution in [3.8, 4) is 0 Å². The van der Waals surface area contributed by atoms with Crippen LogP contribution < -0.4 is 10.6 Å². The number of carbonyl (C=O) groups is 2. The first-order valence-electron chi connectivity index (χ1n) is 8.74. The van der Waals surface area contributed by atoms with Gasteiger partial charge in [-0.3, -0.25) is 9.59 Å². The van der Waals surface area contributed by atoms with Crippen LogP contribution in [-0.2, 0) is 16.1 Å². The fourth-order valence-corrected chi connectivity index (χ4v) is 3.38. The summed E-state index contributed by atoms with van der Waals surface area (Å²) in [6.07, 6.45) is 4.84. The highest BCUT2D eigenvalue weighted by Crippen LogP contribution is 2.18. The van der Waals surface area contributed by atoms with Crippen LogP contribution in [0.25, 0.3) is 17.0 Å². The molecule has 1 heterocycles. The van der Waals surface area contributed by atoms with Gasteiger partial charge in [-0.25, -0.2) is 0 Å². The maximum absolute atomic E-state index is 12.3. The summed E-state index contributed by atoms with van der Waals surface area (Å²) >= 11 is 2.20. The number of halogens is 1. The number of aliphatic hydroxyl groups excluding tert-OH is 1. The molecule has 0 unspecified atom stereocenters. The van der Waals surface area contributed by atoms with E-state index in [9.17, 15) is 14.7 Å². The summed E-state index contributed by atoms with van der Waals surface area (Å²) in [4.78, 5) is 27.6. The van der Waals surface area contributed by atoms with Gasteiger partial charge in [0.05, 0.1) is 6.61 Å². The van der Waals surface area contributed by atoms with Crippen molar-refractivity contribution in [1.29, 1.82) is 0 Å². The number of aromatic amines is 1. The summed E-state index contributed by atoms with van der Waals surface area (Å²) in [5.41, 5.74) is 2.79. The largest absolute Gasteiger partial charge is 0.394 e. The van der Waals surface area contributed by atoms with Crippen LogP contribution in [0.1, 0.15) is 11.1 Å². The van der Waals surface area contributed by atoms with Gasteiger partial charge in [0.15, 0.2) is 0 Å². The SMILES string of the molecule is O=C(C=Cc1c[nH]c2ccccc12)N[C@@H](CO)C(=O)NCc1cccc(I)c1. The van der Waals surface area contributed by atoms with E-state index in [1.165, 1.54) is 6.08 Å². The maximum Gasteiger partial charge on any atom is 0.245 e. The topological polar surface area (TPSA) is 94.2 Å². The summed E-state index contributed by atoms with van der Waals surface area (Å²) in [5.74, 6) is -0.885. The average molecular weight is 489 g/mol. The molecule has 7 heteroatoms. The minimum atomic E-state index is -1.01. The third-order valence-corrected chi connectivity index (χ3v) is 4.88. The van der Waals surface area contributed by atoms with Gasteiger partial charge in [0.25, 0.3) is 0 Å². The molecule has 28 heavy (non-hydrogen) atoms. The van der Waals surface area contributed by atoms with Crippen LogP contribution in [0.5, 0.6) is 0 Å². The Bertz CT molecular complexity index is 1010. The van der Waals surface area contributed by atoms with Gasteiger partial charge < -0.3 is 20.7 Å². The fraction of sp³-hybridized carbons (Fsp3) is 0.143. The predicted octanol–water partition coefficient (Wildman–Crippen LogP) is 2.58. The lowest BCUT2D eigenvalue weighted by Gasteiger charge is -2.15. The van der Waals surface area contributed by atoms with Crippen molar-refractivity contribution in [2.45, 2.75) is 12.6 Å². The third kappa shape index (κ3) is 5.20. The lowest BCUT2D eigenvalue weighted by Crippen LogP contribution is -2.48. The Balaban J connectivity index is 1.57. The van der Waals surface area contributed by atoms with Gasteiger partial charge >= 0.3 is 0 Å². The first kappa shape index (κ1) is 20.1. The number of nitrogens with one attached hydrogen (secondary N) is 3. The molecule has 0 aliphatic rings. The van der Waals surface area contributed by atoms with Crippen molar-refractivity contribution in [3.63, 3.8) is 0 Å². The highest BCUT2D eigenvalue weighted by molar-refractivity contribution is 14.1.